The highest BCUT2D eigenvalue weighted by molar-refractivity contribution is 7.99. The Bertz CT molecular complexity index is 646. The SMILES string of the molecule is Nc1ccc(Sc2ncnc3[nH]ncc23)cc1. The fourth-order valence-corrected chi connectivity index (χ4v) is 2.33. The molecule has 0 bridgehead atoms. The second-order valence-electron chi connectivity index (χ2n) is 3.48. The highest BCUT2D eigenvalue weighted by atomic mass is 32.2. The maximum absolute atomic E-state index is 5.64. The van der Waals surface area contributed by atoms with Gasteiger partial charge in [0.15, 0.2) is 5.65 Å². The molecule has 3 N–H and O–H groups in total. The third-order valence-electron chi connectivity index (χ3n) is 2.31. The van der Waals surface area contributed by atoms with Gasteiger partial charge in [0.1, 0.15) is 11.4 Å². The van der Waals surface area contributed by atoms with Gasteiger partial charge in [-0.2, -0.15) is 5.10 Å². The summed E-state index contributed by atoms with van der Waals surface area (Å²) in [5.74, 6) is 0. The largest absolute Gasteiger partial charge is 0.399 e. The second kappa shape index (κ2) is 4.06. The molecule has 3 aromatic rings. The van der Waals surface area contributed by atoms with Gasteiger partial charge in [-0.3, -0.25) is 5.10 Å². The Labute approximate surface area is 101 Å². The Morgan fingerprint density at radius 1 is 1.12 bits per heavy atom. The molecule has 84 valence electrons. The minimum atomic E-state index is 0.748. The predicted molar refractivity (Wildman–Crippen MR) is 66.7 cm³/mol. The minimum Gasteiger partial charge on any atom is -0.399 e. The number of H-pyrrole nitrogens is 1. The third-order valence-corrected chi connectivity index (χ3v) is 3.33. The molecule has 3 rings (SSSR count). The highest BCUT2D eigenvalue weighted by Gasteiger charge is 2.06. The van der Waals surface area contributed by atoms with E-state index in [0.29, 0.717) is 0 Å². The van der Waals surface area contributed by atoms with Crippen LogP contribution in [-0.4, -0.2) is 20.2 Å². The van der Waals surface area contributed by atoms with Crippen LogP contribution in [0.4, 0.5) is 5.69 Å². The van der Waals surface area contributed by atoms with E-state index in [2.05, 4.69) is 20.2 Å². The van der Waals surface area contributed by atoms with E-state index < -0.39 is 0 Å². The van der Waals surface area contributed by atoms with E-state index in [0.717, 1.165) is 26.6 Å². The third kappa shape index (κ3) is 1.94. The molecule has 0 fully saturated rings. The summed E-state index contributed by atoms with van der Waals surface area (Å²) in [4.78, 5) is 9.44. The number of nitrogen functional groups attached to an aromatic ring is 1. The number of aromatic amines is 1. The van der Waals surface area contributed by atoms with Gasteiger partial charge in [0, 0.05) is 10.6 Å². The van der Waals surface area contributed by atoms with Crippen molar-refractivity contribution in [3.63, 3.8) is 0 Å². The number of nitrogens with one attached hydrogen (secondary N) is 1. The fourth-order valence-electron chi connectivity index (χ4n) is 1.47. The Morgan fingerprint density at radius 2 is 1.94 bits per heavy atom. The van der Waals surface area contributed by atoms with Crippen molar-refractivity contribution < 1.29 is 0 Å². The lowest BCUT2D eigenvalue weighted by atomic mass is 10.3. The van der Waals surface area contributed by atoms with E-state index in [1.807, 2.05) is 24.3 Å². The zero-order valence-electron chi connectivity index (χ0n) is 8.79. The first-order chi connectivity index (χ1) is 8.33. The van der Waals surface area contributed by atoms with Crippen molar-refractivity contribution >= 4 is 28.5 Å². The van der Waals surface area contributed by atoms with Gasteiger partial charge in [-0.05, 0) is 24.3 Å². The van der Waals surface area contributed by atoms with Crippen LogP contribution in [0, 0.1) is 0 Å². The number of anilines is 1. The van der Waals surface area contributed by atoms with E-state index >= 15 is 0 Å². The number of fused-ring (bicyclic) bond motifs is 1. The lowest BCUT2D eigenvalue weighted by Gasteiger charge is -2.01. The lowest BCUT2D eigenvalue weighted by molar-refractivity contribution is 1.07. The van der Waals surface area contributed by atoms with E-state index in [1.54, 1.807) is 18.0 Å². The first-order valence-corrected chi connectivity index (χ1v) is 5.82. The fraction of sp³-hybridized carbons (Fsp3) is 0. The average Bonchev–Trinajstić information content (AvgIpc) is 2.81. The van der Waals surface area contributed by atoms with E-state index in [9.17, 15) is 0 Å². The summed E-state index contributed by atoms with van der Waals surface area (Å²) in [6.45, 7) is 0. The van der Waals surface area contributed by atoms with Crippen LogP contribution in [0.1, 0.15) is 0 Å². The van der Waals surface area contributed by atoms with E-state index in [1.165, 1.54) is 6.33 Å². The molecule has 1 aromatic carbocycles. The summed E-state index contributed by atoms with van der Waals surface area (Å²) in [7, 11) is 0. The van der Waals surface area contributed by atoms with Crippen molar-refractivity contribution in [1.82, 2.24) is 20.2 Å². The highest BCUT2D eigenvalue weighted by Crippen LogP contribution is 2.30. The average molecular weight is 243 g/mol. The summed E-state index contributed by atoms with van der Waals surface area (Å²) in [5.41, 5.74) is 7.15. The molecule has 6 heteroatoms. The first-order valence-electron chi connectivity index (χ1n) is 5.00. The van der Waals surface area contributed by atoms with Gasteiger partial charge in [0.05, 0.1) is 11.6 Å². The predicted octanol–water partition coefficient (Wildman–Crippen LogP) is 2.09. The molecule has 0 radical (unpaired) electrons. The molecule has 0 atom stereocenters. The maximum atomic E-state index is 5.64. The van der Waals surface area contributed by atoms with Crippen LogP contribution in [0.15, 0.2) is 46.7 Å². The van der Waals surface area contributed by atoms with Gasteiger partial charge < -0.3 is 5.73 Å². The van der Waals surface area contributed by atoms with E-state index in [4.69, 9.17) is 5.73 Å². The first kappa shape index (κ1) is 10.1. The Hall–Kier alpha value is -2.08. The van der Waals surface area contributed by atoms with Crippen LogP contribution >= 0.6 is 11.8 Å². The number of hydrogen-bond donors (Lipinski definition) is 2. The van der Waals surface area contributed by atoms with Crippen LogP contribution in [-0.2, 0) is 0 Å². The monoisotopic (exact) mass is 243 g/mol. The van der Waals surface area contributed by atoms with E-state index in [-0.39, 0.29) is 0 Å². The molecular formula is C11H9N5S. The summed E-state index contributed by atoms with van der Waals surface area (Å²) in [6, 6.07) is 7.67. The zero-order chi connectivity index (χ0) is 11.7. The van der Waals surface area contributed by atoms with Crippen LogP contribution in [0.3, 0.4) is 0 Å². The molecule has 0 amide bonds. The number of nitrogens with zero attached hydrogens (tertiary/aromatic N) is 3. The quantitative estimate of drug-likeness (QED) is 0.532. The molecule has 0 saturated carbocycles. The molecular weight excluding hydrogens is 234 g/mol. The molecule has 0 aliphatic carbocycles. The number of benzene rings is 1. The standard InChI is InChI=1S/C11H9N5S/c12-7-1-3-8(4-2-7)17-11-9-5-15-16-10(9)13-6-14-11/h1-6H,12H2,(H,13,14,15,16). The number of rotatable bonds is 2. The molecule has 0 spiro atoms. The smallest absolute Gasteiger partial charge is 0.159 e. The normalized spacial score (nSPS) is 10.8. The molecule has 0 unspecified atom stereocenters. The van der Waals surface area contributed by atoms with Crippen molar-refractivity contribution in [1.29, 1.82) is 0 Å². The summed E-state index contributed by atoms with van der Waals surface area (Å²) in [5, 5.41) is 8.59. The molecule has 0 aliphatic rings. The van der Waals surface area contributed by atoms with Crippen molar-refractivity contribution in [3.05, 3.63) is 36.8 Å². The number of hydrogen-bond acceptors (Lipinski definition) is 5. The van der Waals surface area contributed by atoms with Gasteiger partial charge in [-0.15, -0.1) is 0 Å². The van der Waals surface area contributed by atoms with Crippen LogP contribution in [0.25, 0.3) is 11.0 Å². The second-order valence-corrected chi connectivity index (χ2v) is 4.54. The minimum absolute atomic E-state index is 0.748. The molecule has 5 nitrogen and oxygen atoms in total. The van der Waals surface area contributed by atoms with Crippen LogP contribution < -0.4 is 5.73 Å². The van der Waals surface area contributed by atoms with Crippen LogP contribution in [0.5, 0.6) is 0 Å². The van der Waals surface area contributed by atoms with Crippen molar-refractivity contribution in [2.24, 2.45) is 0 Å². The maximum Gasteiger partial charge on any atom is 0.159 e. The van der Waals surface area contributed by atoms with Gasteiger partial charge in [0.25, 0.3) is 0 Å². The zero-order valence-corrected chi connectivity index (χ0v) is 9.61. The van der Waals surface area contributed by atoms with Crippen LogP contribution in [0.2, 0.25) is 0 Å². The van der Waals surface area contributed by atoms with Gasteiger partial charge in [-0.1, -0.05) is 11.8 Å². The molecule has 2 aromatic heterocycles. The van der Waals surface area contributed by atoms with Crippen molar-refractivity contribution in [3.8, 4) is 0 Å². The lowest BCUT2D eigenvalue weighted by Crippen LogP contribution is -1.86. The van der Waals surface area contributed by atoms with Gasteiger partial charge in [-0.25, -0.2) is 9.97 Å². The van der Waals surface area contributed by atoms with Gasteiger partial charge in [0.2, 0.25) is 0 Å². The summed E-state index contributed by atoms with van der Waals surface area (Å²) in [6.07, 6.45) is 3.26. The Morgan fingerprint density at radius 3 is 2.76 bits per heavy atom. The topological polar surface area (TPSA) is 80.5 Å². The van der Waals surface area contributed by atoms with Crippen molar-refractivity contribution in [2.45, 2.75) is 9.92 Å². The molecule has 0 aliphatic heterocycles. The van der Waals surface area contributed by atoms with Gasteiger partial charge >= 0.3 is 0 Å². The molecule has 2 heterocycles. The Balaban J connectivity index is 1.99. The summed E-state index contributed by atoms with van der Waals surface area (Å²) >= 11 is 1.56. The van der Waals surface area contributed by atoms with Crippen molar-refractivity contribution in [2.75, 3.05) is 5.73 Å². The number of nitrogens with two attached hydrogens (primary N) is 1. The number of aromatic nitrogens is 4. The molecule has 0 saturated heterocycles. The Kier molecular flexibility index (Phi) is 2.41. The summed E-state index contributed by atoms with van der Waals surface area (Å²) < 4.78 is 0. The molecule has 17 heavy (non-hydrogen) atoms.